The van der Waals surface area contributed by atoms with Crippen molar-refractivity contribution >= 4 is 23.3 Å². The van der Waals surface area contributed by atoms with E-state index < -0.39 is 0 Å². The van der Waals surface area contributed by atoms with Gasteiger partial charge in [0.25, 0.3) is 11.8 Å². The fraction of sp³-hybridized carbons (Fsp3) is 0.207. The van der Waals surface area contributed by atoms with E-state index in [2.05, 4.69) is 20.5 Å². The van der Waals surface area contributed by atoms with Crippen LogP contribution in [0.4, 0.5) is 11.5 Å². The number of piperazine rings is 1. The third-order valence-corrected chi connectivity index (χ3v) is 6.63. The summed E-state index contributed by atoms with van der Waals surface area (Å²) in [5.41, 5.74) is 4.10. The Bertz CT molecular complexity index is 1480. The van der Waals surface area contributed by atoms with Crippen molar-refractivity contribution in [2.24, 2.45) is 0 Å². The molecular formula is C29H28N6O4. The number of carbonyl (C=O) groups is 2. The average molecular weight is 525 g/mol. The summed E-state index contributed by atoms with van der Waals surface area (Å²) in [4.78, 5) is 33.6. The lowest BCUT2D eigenvalue weighted by Crippen LogP contribution is -2.49. The maximum atomic E-state index is 13.2. The molecule has 10 nitrogen and oxygen atoms in total. The van der Waals surface area contributed by atoms with E-state index in [1.807, 2.05) is 34.9 Å². The Labute approximate surface area is 225 Å². The van der Waals surface area contributed by atoms with E-state index in [1.165, 1.54) is 6.20 Å². The van der Waals surface area contributed by atoms with E-state index in [0.29, 0.717) is 49.0 Å². The van der Waals surface area contributed by atoms with Gasteiger partial charge in [-0.2, -0.15) is 0 Å². The highest BCUT2D eigenvalue weighted by atomic mass is 16.5. The Morgan fingerprint density at radius 3 is 2.33 bits per heavy atom. The van der Waals surface area contributed by atoms with E-state index in [-0.39, 0.29) is 23.3 Å². The second-order valence-corrected chi connectivity index (χ2v) is 9.20. The molecular weight excluding hydrogens is 496 g/mol. The summed E-state index contributed by atoms with van der Waals surface area (Å²) in [6, 6.07) is 17.7. The molecule has 0 unspecified atom stereocenters. The SMILES string of the molecule is COc1ccc(NC(=O)c2ccc(N3CCN(C(=O)c4ccc(-c5cncc(O)c5)c(C)c4)CC3)nn2)cc1. The molecule has 5 rings (SSSR count). The van der Waals surface area contributed by atoms with Gasteiger partial charge in [0.2, 0.25) is 0 Å². The smallest absolute Gasteiger partial charge is 0.276 e. The molecule has 3 heterocycles. The van der Waals surface area contributed by atoms with Crippen LogP contribution in [0.25, 0.3) is 11.1 Å². The van der Waals surface area contributed by atoms with E-state index in [4.69, 9.17) is 4.74 Å². The Morgan fingerprint density at radius 2 is 1.69 bits per heavy atom. The highest BCUT2D eigenvalue weighted by Gasteiger charge is 2.24. The van der Waals surface area contributed by atoms with Crippen LogP contribution in [0.15, 0.2) is 73.1 Å². The normalized spacial score (nSPS) is 13.2. The van der Waals surface area contributed by atoms with Gasteiger partial charge < -0.3 is 25.0 Å². The van der Waals surface area contributed by atoms with Gasteiger partial charge >= 0.3 is 0 Å². The van der Waals surface area contributed by atoms with Gasteiger partial charge in [-0.05, 0) is 72.6 Å². The van der Waals surface area contributed by atoms with Crippen molar-refractivity contribution in [3.63, 3.8) is 0 Å². The van der Waals surface area contributed by atoms with Gasteiger partial charge in [0.05, 0.1) is 13.3 Å². The summed E-state index contributed by atoms with van der Waals surface area (Å²) in [5, 5.41) is 20.9. The van der Waals surface area contributed by atoms with Crippen LogP contribution >= 0.6 is 0 Å². The molecule has 2 aromatic heterocycles. The number of rotatable bonds is 6. The van der Waals surface area contributed by atoms with Crippen molar-refractivity contribution in [2.75, 3.05) is 43.5 Å². The Kier molecular flexibility index (Phi) is 7.35. The van der Waals surface area contributed by atoms with Gasteiger partial charge in [-0.1, -0.05) is 6.07 Å². The zero-order valence-corrected chi connectivity index (χ0v) is 21.7. The minimum absolute atomic E-state index is 0.0324. The van der Waals surface area contributed by atoms with Gasteiger partial charge in [-0.15, -0.1) is 10.2 Å². The van der Waals surface area contributed by atoms with Crippen LogP contribution in [-0.4, -0.2) is 70.3 Å². The third-order valence-electron chi connectivity index (χ3n) is 6.63. The number of pyridine rings is 1. The fourth-order valence-corrected chi connectivity index (χ4v) is 4.50. The van der Waals surface area contributed by atoms with Crippen molar-refractivity contribution in [2.45, 2.75) is 6.92 Å². The molecule has 1 aliphatic heterocycles. The standard InChI is InChI=1S/C29H28N6O4/c1-19-15-20(3-8-25(19)21-16-23(36)18-30-17-21)29(38)35-13-11-34(12-14-35)27-10-9-26(32-33-27)28(37)31-22-4-6-24(39-2)7-5-22/h3-10,15-18,36H,11-14H2,1-2H3,(H,31,37). The number of aromatic hydroxyl groups is 1. The fourth-order valence-electron chi connectivity index (χ4n) is 4.50. The summed E-state index contributed by atoms with van der Waals surface area (Å²) < 4.78 is 5.13. The van der Waals surface area contributed by atoms with Crippen LogP contribution in [0.2, 0.25) is 0 Å². The Balaban J connectivity index is 1.17. The molecule has 0 atom stereocenters. The number of amides is 2. The van der Waals surface area contributed by atoms with Crippen LogP contribution < -0.4 is 15.0 Å². The molecule has 2 N–H and O–H groups in total. The predicted octanol–water partition coefficient (Wildman–Crippen LogP) is 3.78. The molecule has 39 heavy (non-hydrogen) atoms. The number of anilines is 2. The predicted molar refractivity (Wildman–Crippen MR) is 147 cm³/mol. The second-order valence-electron chi connectivity index (χ2n) is 9.20. The summed E-state index contributed by atoms with van der Waals surface area (Å²) in [7, 11) is 1.58. The molecule has 0 bridgehead atoms. The molecule has 0 spiro atoms. The van der Waals surface area contributed by atoms with Crippen molar-refractivity contribution in [3.8, 4) is 22.6 Å². The van der Waals surface area contributed by atoms with Crippen molar-refractivity contribution in [1.29, 1.82) is 0 Å². The van der Waals surface area contributed by atoms with Crippen molar-refractivity contribution < 1.29 is 19.4 Å². The first-order valence-electron chi connectivity index (χ1n) is 12.5. The number of nitrogens with one attached hydrogen (secondary N) is 1. The molecule has 2 aromatic carbocycles. The topological polar surface area (TPSA) is 121 Å². The molecule has 198 valence electrons. The van der Waals surface area contributed by atoms with Gasteiger partial charge in [0, 0.05) is 49.2 Å². The first kappa shape index (κ1) is 25.7. The van der Waals surface area contributed by atoms with Gasteiger partial charge in [0.15, 0.2) is 11.5 Å². The maximum absolute atomic E-state index is 13.2. The van der Waals surface area contributed by atoms with Gasteiger partial charge in [-0.25, -0.2) is 0 Å². The molecule has 1 fully saturated rings. The number of hydrogen-bond acceptors (Lipinski definition) is 8. The van der Waals surface area contributed by atoms with E-state index in [1.54, 1.807) is 55.8 Å². The maximum Gasteiger partial charge on any atom is 0.276 e. The number of aryl methyl sites for hydroxylation is 1. The molecule has 2 amide bonds. The molecule has 1 saturated heterocycles. The lowest BCUT2D eigenvalue weighted by atomic mass is 9.99. The molecule has 1 aliphatic rings. The highest BCUT2D eigenvalue weighted by Crippen LogP contribution is 2.27. The number of benzene rings is 2. The lowest BCUT2D eigenvalue weighted by molar-refractivity contribution is 0.0746. The number of methoxy groups -OCH3 is 1. The number of carbonyl (C=O) groups excluding carboxylic acids is 2. The van der Waals surface area contributed by atoms with Crippen LogP contribution in [0, 0.1) is 6.92 Å². The summed E-state index contributed by atoms with van der Waals surface area (Å²) in [6.45, 7) is 4.22. The van der Waals surface area contributed by atoms with Gasteiger partial charge in [-0.3, -0.25) is 14.6 Å². The van der Waals surface area contributed by atoms with Crippen molar-refractivity contribution in [1.82, 2.24) is 20.1 Å². The van der Waals surface area contributed by atoms with E-state index >= 15 is 0 Å². The van der Waals surface area contributed by atoms with Crippen molar-refractivity contribution in [3.05, 3.63) is 89.9 Å². The van der Waals surface area contributed by atoms with Crippen LogP contribution in [0.5, 0.6) is 11.5 Å². The number of nitrogens with zero attached hydrogens (tertiary/aromatic N) is 5. The molecule has 0 radical (unpaired) electrons. The number of hydrogen-bond donors (Lipinski definition) is 2. The molecule has 0 saturated carbocycles. The number of aromatic nitrogens is 3. The monoisotopic (exact) mass is 524 g/mol. The van der Waals surface area contributed by atoms with Gasteiger partial charge in [0.1, 0.15) is 11.5 Å². The van der Waals surface area contributed by atoms with E-state index in [9.17, 15) is 14.7 Å². The summed E-state index contributed by atoms with van der Waals surface area (Å²) in [6.07, 6.45) is 3.07. The van der Waals surface area contributed by atoms with Crippen LogP contribution in [0.3, 0.4) is 0 Å². The van der Waals surface area contributed by atoms with E-state index in [0.717, 1.165) is 16.7 Å². The molecule has 4 aromatic rings. The Hall–Kier alpha value is -4.99. The number of ether oxygens (including phenoxy) is 1. The largest absolute Gasteiger partial charge is 0.506 e. The van der Waals surface area contributed by atoms with Crippen LogP contribution in [0.1, 0.15) is 26.4 Å². The van der Waals surface area contributed by atoms with Crippen LogP contribution in [-0.2, 0) is 0 Å². The molecule has 10 heteroatoms. The summed E-state index contributed by atoms with van der Waals surface area (Å²) >= 11 is 0. The first-order valence-corrected chi connectivity index (χ1v) is 12.5. The lowest BCUT2D eigenvalue weighted by Gasteiger charge is -2.35. The zero-order valence-electron chi connectivity index (χ0n) is 21.7. The minimum atomic E-state index is -0.351. The third kappa shape index (κ3) is 5.80. The Morgan fingerprint density at radius 1 is 0.923 bits per heavy atom. The summed E-state index contributed by atoms with van der Waals surface area (Å²) in [5.74, 6) is 1.07. The quantitative estimate of drug-likeness (QED) is 0.391. The zero-order chi connectivity index (χ0) is 27.4. The second kappa shape index (κ2) is 11.2. The first-order chi connectivity index (χ1) is 18.9. The molecule has 0 aliphatic carbocycles. The average Bonchev–Trinajstić information content (AvgIpc) is 2.97. The highest BCUT2D eigenvalue weighted by molar-refractivity contribution is 6.02. The minimum Gasteiger partial charge on any atom is -0.506 e.